The molecule has 1 aliphatic heterocycles. The Labute approximate surface area is 177 Å². The van der Waals surface area contributed by atoms with Gasteiger partial charge in [-0.1, -0.05) is 6.07 Å². The number of thiazole rings is 1. The zero-order chi connectivity index (χ0) is 20.8. The van der Waals surface area contributed by atoms with Crippen molar-refractivity contribution in [3.8, 4) is 11.5 Å². The van der Waals surface area contributed by atoms with E-state index < -0.39 is 0 Å². The van der Waals surface area contributed by atoms with Crippen molar-refractivity contribution in [1.29, 1.82) is 0 Å². The third-order valence-corrected chi connectivity index (χ3v) is 6.37. The number of benzene rings is 1. The second kappa shape index (κ2) is 10.1. The second-order valence-electron chi connectivity index (χ2n) is 7.61. The minimum absolute atomic E-state index is 0.124. The van der Waals surface area contributed by atoms with Gasteiger partial charge in [0.05, 0.1) is 24.9 Å². The monoisotopic (exact) mass is 417 g/mol. The number of ether oxygens (including phenoxy) is 2. The van der Waals surface area contributed by atoms with Crippen LogP contribution in [0.4, 0.5) is 0 Å². The van der Waals surface area contributed by atoms with Gasteiger partial charge in [0.2, 0.25) is 5.91 Å². The predicted octanol–water partition coefficient (Wildman–Crippen LogP) is 3.38. The van der Waals surface area contributed by atoms with Gasteiger partial charge in [0.25, 0.3) is 0 Å². The van der Waals surface area contributed by atoms with Crippen molar-refractivity contribution in [2.24, 2.45) is 5.92 Å². The molecule has 0 saturated carbocycles. The number of amides is 1. The fourth-order valence-electron chi connectivity index (χ4n) is 3.80. The van der Waals surface area contributed by atoms with Crippen molar-refractivity contribution in [2.75, 3.05) is 40.9 Å². The third kappa shape index (κ3) is 5.70. The van der Waals surface area contributed by atoms with Gasteiger partial charge in [0.15, 0.2) is 11.5 Å². The summed E-state index contributed by atoms with van der Waals surface area (Å²) in [6.45, 7) is 5.54. The van der Waals surface area contributed by atoms with Gasteiger partial charge in [-0.15, -0.1) is 11.3 Å². The Morgan fingerprint density at radius 1 is 1.24 bits per heavy atom. The van der Waals surface area contributed by atoms with Gasteiger partial charge >= 0.3 is 0 Å². The first-order chi connectivity index (χ1) is 14.0. The van der Waals surface area contributed by atoms with E-state index in [0.29, 0.717) is 6.54 Å². The fraction of sp³-hybridized carbons (Fsp3) is 0.545. The smallest absolute Gasteiger partial charge is 0.225 e. The normalized spacial score (nSPS) is 15.3. The van der Waals surface area contributed by atoms with Crippen LogP contribution in [0.1, 0.15) is 29.1 Å². The summed E-state index contributed by atoms with van der Waals surface area (Å²) in [5.74, 6) is 1.83. The van der Waals surface area contributed by atoms with E-state index in [1.54, 1.807) is 25.6 Å². The molecule has 1 aliphatic rings. The number of methoxy groups -OCH3 is 2. The molecule has 2 heterocycles. The summed E-state index contributed by atoms with van der Waals surface area (Å²) in [5.41, 5.74) is 2.28. The predicted molar refractivity (Wildman–Crippen MR) is 116 cm³/mol. The summed E-state index contributed by atoms with van der Waals surface area (Å²) in [7, 11) is 5.18. The lowest BCUT2D eigenvalue weighted by Gasteiger charge is -2.32. The Bertz CT molecular complexity index is 815. The summed E-state index contributed by atoms with van der Waals surface area (Å²) in [6, 6.07) is 5.92. The van der Waals surface area contributed by atoms with Crippen molar-refractivity contribution < 1.29 is 14.3 Å². The minimum atomic E-state index is 0.124. The van der Waals surface area contributed by atoms with Gasteiger partial charge < -0.3 is 14.4 Å². The number of hydrogen-bond acceptors (Lipinski definition) is 6. The summed E-state index contributed by atoms with van der Waals surface area (Å²) >= 11 is 1.70. The lowest BCUT2D eigenvalue weighted by Crippen LogP contribution is -2.41. The summed E-state index contributed by atoms with van der Waals surface area (Å²) in [6.07, 6.45) is 2.63. The molecule has 158 valence electrons. The molecule has 0 aliphatic carbocycles. The minimum Gasteiger partial charge on any atom is -0.493 e. The molecule has 1 aromatic carbocycles. The van der Waals surface area contributed by atoms with Crippen molar-refractivity contribution in [3.05, 3.63) is 39.8 Å². The Kier molecular flexibility index (Phi) is 7.50. The van der Waals surface area contributed by atoms with Gasteiger partial charge in [-0.05, 0) is 57.0 Å². The van der Waals surface area contributed by atoms with E-state index >= 15 is 0 Å². The van der Waals surface area contributed by atoms with E-state index in [9.17, 15) is 4.79 Å². The zero-order valence-corrected chi connectivity index (χ0v) is 18.6. The molecule has 0 N–H and O–H groups in total. The van der Waals surface area contributed by atoms with Crippen LogP contribution in [0.3, 0.4) is 0 Å². The number of piperidine rings is 1. The van der Waals surface area contributed by atoms with E-state index in [1.165, 1.54) is 0 Å². The van der Waals surface area contributed by atoms with Crippen LogP contribution in [-0.4, -0.2) is 61.6 Å². The van der Waals surface area contributed by atoms with E-state index in [2.05, 4.69) is 15.3 Å². The molecule has 1 amide bonds. The third-order valence-electron chi connectivity index (χ3n) is 5.55. The molecular formula is C22H31N3O3S. The van der Waals surface area contributed by atoms with Crippen LogP contribution in [0.5, 0.6) is 11.5 Å². The number of nitrogens with zero attached hydrogens (tertiary/aromatic N) is 3. The molecule has 1 fully saturated rings. The van der Waals surface area contributed by atoms with E-state index in [4.69, 9.17) is 9.47 Å². The van der Waals surface area contributed by atoms with E-state index in [-0.39, 0.29) is 11.8 Å². The topological polar surface area (TPSA) is 54.9 Å². The fourth-order valence-corrected chi connectivity index (χ4v) is 4.41. The highest BCUT2D eigenvalue weighted by atomic mass is 32.1. The standard InChI is InChI=1S/C22H31N3O3S/c1-16-23-19(15-29-16)14-25-11-8-18(9-12-25)22(26)24(2)10-7-17-5-6-20(27-3)21(13-17)28-4/h5-6,13,15,18H,7-12,14H2,1-4H3. The molecule has 0 atom stereocenters. The van der Waals surface area contributed by atoms with Crippen LogP contribution < -0.4 is 9.47 Å². The quantitative estimate of drug-likeness (QED) is 0.659. The number of carbonyl (C=O) groups is 1. The molecule has 1 aromatic heterocycles. The van der Waals surface area contributed by atoms with Crippen LogP contribution in [0.15, 0.2) is 23.6 Å². The van der Waals surface area contributed by atoms with Crippen LogP contribution in [0.25, 0.3) is 0 Å². The largest absolute Gasteiger partial charge is 0.493 e. The van der Waals surface area contributed by atoms with Gasteiger partial charge in [-0.25, -0.2) is 4.98 Å². The van der Waals surface area contributed by atoms with Crippen molar-refractivity contribution in [3.63, 3.8) is 0 Å². The highest BCUT2D eigenvalue weighted by molar-refractivity contribution is 7.09. The molecule has 2 aromatic rings. The number of carbonyl (C=O) groups excluding carboxylic acids is 1. The Morgan fingerprint density at radius 2 is 1.97 bits per heavy atom. The molecule has 29 heavy (non-hydrogen) atoms. The molecule has 0 bridgehead atoms. The number of likely N-dealkylation sites (tertiary alicyclic amines) is 1. The number of likely N-dealkylation sites (N-methyl/N-ethyl adjacent to an activating group) is 1. The highest BCUT2D eigenvalue weighted by Crippen LogP contribution is 2.28. The van der Waals surface area contributed by atoms with Crippen LogP contribution >= 0.6 is 11.3 Å². The maximum Gasteiger partial charge on any atom is 0.225 e. The first kappa shape index (κ1) is 21.6. The number of aryl methyl sites for hydroxylation is 1. The average molecular weight is 418 g/mol. The Balaban J connectivity index is 1.46. The van der Waals surface area contributed by atoms with Gasteiger partial charge in [0.1, 0.15) is 0 Å². The van der Waals surface area contributed by atoms with Crippen LogP contribution in [0.2, 0.25) is 0 Å². The molecule has 6 nitrogen and oxygen atoms in total. The molecule has 3 rings (SSSR count). The first-order valence-corrected chi connectivity index (χ1v) is 11.0. The molecule has 7 heteroatoms. The van der Waals surface area contributed by atoms with Gasteiger partial charge in [-0.3, -0.25) is 9.69 Å². The summed E-state index contributed by atoms with van der Waals surface area (Å²) < 4.78 is 10.7. The molecule has 0 spiro atoms. The number of hydrogen-bond donors (Lipinski definition) is 0. The molecule has 0 radical (unpaired) electrons. The SMILES string of the molecule is COc1ccc(CCN(C)C(=O)C2CCN(Cc3csc(C)n3)CC2)cc1OC. The van der Waals surface area contributed by atoms with Crippen molar-refractivity contribution in [1.82, 2.24) is 14.8 Å². The first-order valence-electron chi connectivity index (χ1n) is 10.1. The van der Waals surface area contributed by atoms with E-state index in [1.807, 2.05) is 37.1 Å². The highest BCUT2D eigenvalue weighted by Gasteiger charge is 2.27. The maximum atomic E-state index is 12.9. The lowest BCUT2D eigenvalue weighted by atomic mass is 9.95. The Hall–Kier alpha value is -2.12. The molecule has 1 saturated heterocycles. The number of aromatic nitrogens is 1. The number of rotatable bonds is 8. The maximum absolute atomic E-state index is 12.9. The summed E-state index contributed by atoms with van der Waals surface area (Å²) in [4.78, 5) is 21.7. The molecular weight excluding hydrogens is 386 g/mol. The van der Waals surface area contributed by atoms with E-state index in [0.717, 1.165) is 66.7 Å². The summed E-state index contributed by atoms with van der Waals surface area (Å²) in [5, 5.41) is 3.25. The average Bonchev–Trinajstić information content (AvgIpc) is 3.16. The lowest BCUT2D eigenvalue weighted by molar-refractivity contribution is -0.135. The van der Waals surface area contributed by atoms with Gasteiger partial charge in [0, 0.05) is 31.4 Å². The second-order valence-corrected chi connectivity index (χ2v) is 8.67. The zero-order valence-electron chi connectivity index (χ0n) is 17.8. The van der Waals surface area contributed by atoms with Crippen LogP contribution in [0, 0.1) is 12.8 Å². The Morgan fingerprint density at radius 3 is 2.59 bits per heavy atom. The van der Waals surface area contributed by atoms with Crippen molar-refractivity contribution >= 4 is 17.2 Å². The van der Waals surface area contributed by atoms with Crippen molar-refractivity contribution in [2.45, 2.75) is 32.7 Å². The van der Waals surface area contributed by atoms with Gasteiger partial charge in [-0.2, -0.15) is 0 Å². The molecule has 0 unspecified atom stereocenters. The van der Waals surface area contributed by atoms with Crippen LogP contribution in [-0.2, 0) is 17.8 Å².